The fraction of sp³-hybridized carbons (Fsp3) is 0.636. The summed E-state index contributed by atoms with van der Waals surface area (Å²) < 4.78 is 31.7. The Morgan fingerprint density at radius 3 is 2.75 bits per heavy atom. The molecule has 0 aromatic carbocycles. The minimum atomic E-state index is -3.85. The maximum atomic E-state index is 12.2. The number of sulfonamides is 1. The fourth-order valence-electron chi connectivity index (χ4n) is 1.74. The molecule has 0 fully saturated rings. The molecule has 1 unspecified atom stereocenters. The Bertz CT molecular complexity index is 553. The molecule has 1 aromatic heterocycles. The summed E-state index contributed by atoms with van der Waals surface area (Å²) in [5.41, 5.74) is -0.101. The molecular weight excluding hydrogens is 284 g/mol. The molecule has 9 heteroatoms. The molecule has 2 N–H and O–H groups in total. The number of carbonyl (C=O) groups is 1. The number of nitrogens with one attached hydrogen (secondary N) is 2. The van der Waals surface area contributed by atoms with E-state index < -0.39 is 16.0 Å². The molecule has 1 heterocycles. The van der Waals surface area contributed by atoms with Crippen LogP contribution in [0, 0.1) is 0 Å². The standard InChI is InChI=1S/C11H20N4O4S/c1-5-19-11(16)9-6-12-13-10(9)20(17,18)14-8(2)7-15(3)4/h6,8,14H,5,7H2,1-4H3,(H,12,13). The molecule has 20 heavy (non-hydrogen) atoms. The molecule has 0 saturated carbocycles. The lowest BCUT2D eigenvalue weighted by Crippen LogP contribution is -2.40. The zero-order chi connectivity index (χ0) is 15.3. The van der Waals surface area contributed by atoms with E-state index in [0.29, 0.717) is 6.54 Å². The van der Waals surface area contributed by atoms with Gasteiger partial charge in [-0.15, -0.1) is 0 Å². The molecule has 0 aliphatic rings. The van der Waals surface area contributed by atoms with Crippen molar-refractivity contribution in [1.29, 1.82) is 0 Å². The minimum Gasteiger partial charge on any atom is -0.462 e. The van der Waals surface area contributed by atoms with Crippen LogP contribution >= 0.6 is 0 Å². The van der Waals surface area contributed by atoms with Gasteiger partial charge in [-0.1, -0.05) is 0 Å². The Morgan fingerprint density at radius 1 is 1.55 bits per heavy atom. The Labute approximate surface area is 118 Å². The van der Waals surface area contributed by atoms with Crippen molar-refractivity contribution in [2.45, 2.75) is 24.9 Å². The molecule has 1 atom stereocenters. The monoisotopic (exact) mass is 304 g/mol. The third kappa shape index (κ3) is 4.29. The summed E-state index contributed by atoms with van der Waals surface area (Å²) in [5, 5.41) is 5.66. The van der Waals surface area contributed by atoms with Gasteiger partial charge in [0.25, 0.3) is 10.0 Å². The predicted octanol–water partition coefficient (Wildman–Crippen LogP) is -0.185. The van der Waals surface area contributed by atoms with E-state index in [9.17, 15) is 13.2 Å². The first-order chi connectivity index (χ1) is 9.27. The number of rotatable bonds is 7. The van der Waals surface area contributed by atoms with Gasteiger partial charge in [-0.25, -0.2) is 17.9 Å². The van der Waals surface area contributed by atoms with Crippen LogP contribution in [0.4, 0.5) is 0 Å². The lowest BCUT2D eigenvalue weighted by molar-refractivity contribution is 0.0522. The Kier molecular flexibility index (Phi) is 5.66. The van der Waals surface area contributed by atoms with Crippen molar-refractivity contribution in [2.75, 3.05) is 27.2 Å². The zero-order valence-electron chi connectivity index (χ0n) is 12.0. The zero-order valence-corrected chi connectivity index (χ0v) is 12.8. The van der Waals surface area contributed by atoms with Crippen LogP contribution in [0.25, 0.3) is 0 Å². The maximum Gasteiger partial charge on any atom is 0.342 e. The first-order valence-corrected chi connectivity index (χ1v) is 7.63. The minimum absolute atomic E-state index is 0.101. The van der Waals surface area contributed by atoms with Gasteiger partial charge in [0, 0.05) is 12.6 Å². The van der Waals surface area contributed by atoms with Crippen LogP contribution in [-0.2, 0) is 14.8 Å². The van der Waals surface area contributed by atoms with Gasteiger partial charge in [-0.2, -0.15) is 5.10 Å². The van der Waals surface area contributed by atoms with Crippen LogP contribution in [0.1, 0.15) is 24.2 Å². The van der Waals surface area contributed by atoms with Crippen molar-refractivity contribution >= 4 is 16.0 Å². The van der Waals surface area contributed by atoms with E-state index in [4.69, 9.17) is 4.74 Å². The number of aromatic amines is 1. The molecule has 0 bridgehead atoms. The molecule has 0 spiro atoms. The summed E-state index contributed by atoms with van der Waals surface area (Å²) in [7, 11) is -0.175. The van der Waals surface area contributed by atoms with E-state index in [2.05, 4.69) is 14.9 Å². The molecule has 0 amide bonds. The summed E-state index contributed by atoms with van der Waals surface area (Å²) in [6.07, 6.45) is 1.14. The number of ether oxygens (including phenoxy) is 1. The van der Waals surface area contributed by atoms with E-state index in [1.54, 1.807) is 13.8 Å². The number of aromatic nitrogens is 2. The van der Waals surface area contributed by atoms with Crippen LogP contribution < -0.4 is 4.72 Å². The Balaban J connectivity index is 2.94. The molecule has 1 aromatic rings. The third-order valence-corrected chi connectivity index (χ3v) is 3.93. The summed E-state index contributed by atoms with van der Waals surface area (Å²) >= 11 is 0. The number of esters is 1. The second-order valence-electron chi connectivity index (χ2n) is 4.62. The first-order valence-electron chi connectivity index (χ1n) is 6.15. The largest absolute Gasteiger partial charge is 0.462 e. The quantitative estimate of drug-likeness (QED) is 0.677. The molecule has 0 aliphatic carbocycles. The third-order valence-electron chi connectivity index (χ3n) is 2.36. The van der Waals surface area contributed by atoms with E-state index in [1.165, 1.54) is 0 Å². The van der Waals surface area contributed by atoms with Gasteiger partial charge in [0.05, 0.1) is 12.8 Å². The fourth-order valence-corrected chi connectivity index (χ4v) is 3.06. The summed E-state index contributed by atoms with van der Waals surface area (Å²) in [4.78, 5) is 13.5. The highest BCUT2D eigenvalue weighted by molar-refractivity contribution is 7.89. The van der Waals surface area contributed by atoms with Crippen molar-refractivity contribution in [3.05, 3.63) is 11.8 Å². The lowest BCUT2D eigenvalue weighted by Gasteiger charge is -2.18. The highest BCUT2D eigenvalue weighted by Gasteiger charge is 2.27. The number of H-pyrrole nitrogens is 1. The van der Waals surface area contributed by atoms with Crippen LogP contribution in [0.3, 0.4) is 0 Å². The predicted molar refractivity (Wildman–Crippen MR) is 72.9 cm³/mol. The normalized spacial score (nSPS) is 13.4. The lowest BCUT2D eigenvalue weighted by atomic mass is 10.3. The summed E-state index contributed by atoms with van der Waals surface area (Å²) in [5.74, 6) is -0.720. The van der Waals surface area contributed by atoms with Gasteiger partial charge in [-0.3, -0.25) is 5.10 Å². The van der Waals surface area contributed by atoms with Crippen molar-refractivity contribution < 1.29 is 17.9 Å². The number of likely N-dealkylation sites (N-methyl/N-ethyl adjacent to an activating group) is 1. The topological polar surface area (TPSA) is 104 Å². The van der Waals surface area contributed by atoms with Gasteiger partial charge in [-0.05, 0) is 27.9 Å². The van der Waals surface area contributed by atoms with Crippen molar-refractivity contribution in [1.82, 2.24) is 19.8 Å². The van der Waals surface area contributed by atoms with Gasteiger partial charge in [0.15, 0.2) is 5.03 Å². The average Bonchev–Trinajstić information content (AvgIpc) is 2.76. The van der Waals surface area contributed by atoms with E-state index >= 15 is 0 Å². The molecule has 0 radical (unpaired) electrons. The van der Waals surface area contributed by atoms with Crippen LogP contribution in [0.2, 0.25) is 0 Å². The SMILES string of the molecule is CCOC(=O)c1cn[nH]c1S(=O)(=O)NC(C)CN(C)C. The Morgan fingerprint density at radius 2 is 2.20 bits per heavy atom. The van der Waals surface area contributed by atoms with Crippen molar-refractivity contribution in [3.8, 4) is 0 Å². The van der Waals surface area contributed by atoms with E-state index in [1.807, 2.05) is 19.0 Å². The molecule has 8 nitrogen and oxygen atoms in total. The first kappa shape index (κ1) is 16.6. The van der Waals surface area contributed by atoms with Gasteiger partial charge >= 0.3 is 5.97 Å². The van der Waals surface area contributed by atoms with E-state index in [0.717, 1.165) is 6.20 Å². The summed E-state index contributed by atoms with van der Waals surface area (Å²) in [6, 6.07) is -0.312. The van der Waals surface area contributed by atoms with Crippen molar-refractivity contribution in [3.63, 3.8) is 0 Å². The summed E-state index contributed by atoms with van der Waals surface area (Å²) in [6.45, 7) is 4.07. The van der Waals surface area contributed by atoms with Crippen LogP contribution in [0.15, 0.2) is 11.2 Å². The number of carbonyl (C=O) groups excluding carboxylic acids is 1. The second kappa shape index (κ2) is 6.82. The molecular formula is C11H20N4O4S. The van der Waals surface area contributed by atoms with Gasteiger partial charge < -0.3 is 9.64 Å². The van der Waals surface area contributed by atoms with Crippen molar-refractivity contribution in [2.24, 2.45) is 0 Å². The number of nitrogens with zero attached hydrogens (tertiary/aromatic N) is 2. The number of hydrogen-bond donors (Lipinski definition) is 2. The second-order valence-corrected chi connectivity index (χ2v) is 6.27. The smallest absolute Gasteiger partial charge is 0.342 e. The molecule has 114 valence electrons. The van der Waals surface area contributed by atoms with Crippen LogP contribution in [-0.4, -0.2) is 62.8 Å². The average molecular weight is 304 g/mol. The van der Waals surface area contributed by atoms with Gasteiger partial charge in [0.2, 0.25) is 0 Å². The van der Waals surface area contributed by atoms with Crippen LogP contribution in [0.5, 0.6) is 0 Å². The molecule has 0 aliphatic heterocycles. The Hall–Kier alpha value is -1.45. The number of hydrogen-bond acceptors (Lipinski definition) is 6. The van der Waals surface area contributed by atoms with E-state index in [-0.39, 0.29) is 23.2 Å². The van der Waals surface area contributed by atoms with Gasteiger partial charge in [0.1, 0.15) is 5.56 Å². The molecule has 1 rings (SSSR count). The highest BCUT2D eigenvalue weighted by Crippen LogP contribution is 2.13. The highest BCUT2D eigenvalue weighted by atomic mass is 32.2. The molecule has 0 saturated heterocycles. The maximum absolute atomic E-state index is 12.2.